The summed E-state index contributed by atoms with van der Waals surface area (Å²) in [6.45, 7) is 1.07. The van der Waals surface area contributed by atoms with Crippen LogP contribution in [0.2, 0.25) is 0 Å². The van der Waals surface area contributed by atoms with Gasteiger partial charge in [-0.2, -0.15) is 0 Å². The third-order valence-electron chi connectivity index (χ3n) is 3.23. The lowest BCUT2D eigenvalue weighted by Crippen LogP contribution is -2.39. The van der Waals surface area contributed by atoms with Crippen LogP contribution in [0.25, 0.3) is 0 Å². The lowest BCUT2D eigenvalue weighted by molar-refractivity contribution is 0.296. The van der Waals surface area contributed by atoms with E-state index in [1.165, 1.54) is 0 Å². The van der Waals surface area contributed by atoms with E-state index < -0.39 is 0 Å². The van der Waals surface area contributed by atoms with E-state index in [-0.39, 0.29) is 6.04 Å². The predicted molar refractivity (Wildman–Crippen MR) is 60.8 cm³/mol. The van der Waals surface area contributed by atoms with Crippen molar-refractivity contribution >= 4 is 0 Å². The smallest absolute Gasteiger partial charge is 0.115 e. The Kier molecular flexibility index (Phi) is 2.93. The van der Waals surface area contributed by atoms with Crippen molar-refractivity contribution in [2.24, 2.45) is 5.73 Å². The number of likely N-dealkylation sites (N-methyl/N-ethyl adjacent to an activating group) is 1. The van der Waals surface area contributed by atoms with E-state index in [0.29, 0.717) is 11.8 Å². The first kappa shape index (κ1) is 10.5. The maximum absolute atomic E-state index is 9.37. The van der Waals surface area contributed by atoms with E-state index in [4.69, 9.17) is 5.73 Å². The monoisotopic (exact) mass is 206 g/mol. The Labute approximate surface area is 90.5 Å². The second-order valence-corrected chi connectivity index (χ2v) is 4.37. The maximum atomic E-state index is 9.37. The van der Waals surface area contributed by atoms with Crippen LogP contribution in [0, 0.1) is 0 Å². The average molecular weight is 206 g/mol. The quantitative estimate of drug-likeness (QED) is 0.758. The Hall–Kier alpha value is -1.06. The third-order valence-corrected chi connectivity index (χ3v) is 3.23. The van der Waals surface area contributed by atoms with Crippen LogP contribution in [0.15, 0.2) is 24.3 Å². The molecule has 0 aromatic heterocycles. The van der Waals surface area contributed by atoms with Crippen molar-refractivity contribution in [3.05, 3.63) is 29.8 Å². The van der Waals surface area contributed by atoms with Gasteiger partial charge in [0.05, 0.1) is 0 Å². The molecular weight excluding hydrogens is 188 g/mol. The van der Waals surface area contributed by atoms with Crippen molar-refractivity contribution in [1.82, 2.24) is 4.90 Å². The molecule has 1 heterocycles. The summed E-state index contributed by atoms with van der Waals surface area (Å²) in [6.07, 6.45) is 1.99. The van der Waals surface area contributed by atoms with Crippen LogP contribution in [0.3, 0.4) is 0 Å². The molecule has 3 N–H and O–H groups in total. The van der Waals surface area contributed by atoms with Crippen LogP contribution in [-0.4, -0.2) is 35.7 Å². The van der Waals surface area contributed by atoms with Gasteiger partial charge in [0.25, 0.3) is 0 Å². The van der Waals surface area contributed by atoms with Crippen LogP contribution >= 0.6 is 0 Å². The number of phenols is 1. The molecule has 2 unspecified atom stereocenters. The minimum absolute atomic E-state index is 0.261. The van der Waals surface area contributed by atoms with Crippen molar-refractivity contribution in [2.45, 2.75) is 24.9 Å². The molecule has 1 aliphatic rings. The van der Waals surface area contributed by atoms with Gasteiger partial charge in [-0.3, -0.25) is 0 Å². The minimum Gasteiger partial charge on any atom is -0.508 e. The van der Waals surface area contributed by atoms with E-state index >= 15 is 0 Å². The van der Waals surface area contributed by atoms with Crippen molar-refractivity contribution < 1.29 is 5.11 Å². The fraction of sp³-hybridized carbons (Fsp3) is 0.500. The molecule has 3 heteroatoms. The molecule has 82 valence electrons. The normalized spacial score (nSPS) is 27.1. The van der Waals surface area contributed by atoms with Gasteiger partial charge in [-0.1, -0.05) is 12.1 Å². The molecule has 15 heavy (non-hydrogen) atoms. The molecule has 1 aromatic carbocycles. The Morgan fingerprint density at radius 1 is 1.53 bits per heavy atom. The van der Waals surface area contributed by atoms with Gasteiger partial charge in [-0.05, 0) is 44.1 Å². The number of aromatic hydroxyl groups is 1. The second-order valence-electron chi connectivity index (χ2n) is 4.37. The van der Waals surface area contributed by atoms with E-state index in [9.17, 15) is 5.11 Å². The summed E-state index contributed by atoms with van der Waals surface area (Å²) >= 11 is 0. The second kappa shape index (κ2) is 4.21. The minimum atomic E-state index is 0.261. The molecule has 0 radical (unpaired) electrons. The van der Waals surface area contributed by atoms with Gasteiger partial charge in [0.2, 0.25) is 0 Å². The molecular formula is C12H18N2O. The van der Waals surface area contributed by atoms with Crippen LogP contribution < -0.4 is 5.73 Å². The number of nitrogens with two attached hydrogens (primary N) is 1. The fourth-order valence-corrected chi connectivity index (χ4v) is 2.27. The van der Waals surface area contributed by atoms with Gasteiger partial charge in [0.1, 0.15) is 5.75 Å². The summed E-state index contributed by atoms with van der Waals surface area (Å²) in [7, 11) is 2.11. The average Bonchev–Trinajstić information content (AvgIpc) is 2.50. The van der Waals surface area contributed by atoms with Gasteiger partial charge >= 0.3 is 0 Å². The Morgan fingerprint density at radius 3 is 2.93 bits per heavy atom. The Morgan fingerprint density at radius 2 is 2.33 bits per heavy atom. The van der Waals surface area contributed by atoms with E-state index in [1.54, 1.807) is 6.07 Å². The van der Waals surface area contributed by atoms with Gasteiger partial charge in [-0.25, -0.2) is 0 Å². The van der Waals surface area contributed by atoms with E-state index in [0.717, 1.165) is 24.9 Å². The molecule has 3 nitrogen and oxygen atoms in total. The molecule has 0 spiro atoms. The van der Waals surface area contributed by atoms with Crippen molar-refractivity contribution in [1.29, 1.82) is 0 Å². The molecule has 1 saturated heterocycles. The molecule has 0 saturated carbocycles. The van der Waals surface area contributed by atoms with Crippen LogP contribution in [0.5, 0.6) is 5.75 Å². The van der Waals surface area contributed by atoms with Crippen LogP contribution in [0.4, 0.5) is 0 Å². The van der Waals surface area contributed by atoms with Crippen LogP contribution in [-0.2, 0) is 6.42 Å². The van der Waals surface area contributed by atoms with Gasteiger partial charge in [0.15, 0.2) is 0 Å². The molecule has 0 bridgehead atoms. The van der Waals surface area contributed by atoms with Crippen molar-refractivity contribution in [3.8, 4) is 5.75 Å². The van der Waals surface area contributed by atoms with Crippen molar-refractivity contribution in [3.63, 3.8) is 0 Å². The summed E-state index contributed by atoms with van der Waals surface area (Å²) in [6, 6.07) is 8.11. The summed E-state index contributed by atoms with van der Waals surface area (Å²) in [4.78, 5) is 2.30. The summed E-state index contributed by atoms with van der Waals surface area (Å²) in [5.41, 5.74) is 7.21. The highest BCUT2D eigenvalue weighted by molar-refractivity contribution is 5.28. The lowest BCUT2D eigenvalue weighted by atomic mass is 10.0. The van der Waals surface area contributed by atoms with Gasteiger partial charge < -0.3 is 15.7 Å². The number of likely N-dealkylation sites (tertiary alicyclic amines) is 1. The predicted octanol–water partition coefficient (Wildman–Crippen LogP) is 0.966. The topological polar surface area (TPSA) is 49.5 Å². The third kappa shape index (κ3) is 2.30. The molecule has 2 atom stereocenters. The zero-order valence-electron chi connectivity index (χ0n) is 9.06. The molecule has 0 amide bonds. The highest BCUT2D eigenvalue weighted by atomic mass is 16.3. The molecule has 2 rings (SSSR count). The van der Waals surface area contributed by atoms with Crippen molar-refractivity contribution in [2.75, 3.05) is 13.6 Å². The zero-order chi connectivity index (χ0) is 10.8. The Balaban J connectivity index is 2.08. The van der Waals surface area contributed by atoms with Gasteiger partial charge in [-0.15, -0.1) is 0 Å². The first-order valence-electron chi connectivity index (χ1n) is 5.40. The number of rotatable bonds is 2. The number of nitrogens with zero attached hydrogens (tertiary/aromatic N) is 1. The number of benzene rings is 1. The standard InChI is InChI=1S/C12H18N2O/c1-14-6-5-11(13)12(14)8-9-3-2-4-10(15)7-9/h2-4,7,11-12,15H,5-6,8,13H2,1H3. The maximum Gasteiger partial charge on any atom is 0.115 e. The number of phenolic OH excluding ortho intramolecular Hbond substituents is 1. The van der Waals surface area contributed by atoms with E-state index in [2.05, 4.69) is 11.9 Å². The zero-order valence-corrected chi connectivity index (χ0v) is 9.06. The molecule has 0 aliphatic carbocycles. The highest BCUT2D eigenvalue weighted by Crippen LogP contribution is 2.20. The molecule has 1 aromatic rings. The fourth-order valence-electron chi connectivity index (χ4n) is 2.27. The first-order valence-corrected chi connectivity index (χ1v) is 5.40. The number of hydrogen-bond donors (Lipinski definition) is 2. The summed E-state index contributed by atoms with van der Waals surface area (Å²) in [5.74, 6) is 0.335. The lowest BCUT2D eigenvalue weighted by Gasteiger charge is -2.22. The molecule has 1 fully saturated rings. The molecule has 1 aliphatic heterocycles. The highest BCUT2D eigenvalue weighted by Gasteiger charge is 2.28. The summed E-state index contributed by atoms with van der Waals surface area (Å²) in [5, 5.41) is 9.37. The largest absolute Gasteiger partial charge is 0.508 e. The first-order chi connectivity index (χ1) is 7.16. The van der Waals surface area contributed by atoms with Crippen LogP contribution in [0.1, 0.15) is 12.0 Å². The Bertz CT molecular complexity index is 330. The van der Waals surface area contributed by atoms with Gasteiger partial charge in [0, 0.05) is 12.1 Å². The SMILES string of the molecule is CN1CCC(N)C1Cc1cccc(O)c1. The van der Waals surface area contributed by atoms with E-state index in [1.807, 2.05) is 18.2 Å². The summed E-state index contributed by atoms with van der Waals surface area (Å²) < 4.78 is 0. The number of hydrogen-bond acceptors (Lipinski definition) is 3.